The molecule has 1 aliphatic heterocycles. The van der Waals surface area contributed by atoms with Gasteiger partial charge in [0, 0.05) is 25.7 Å². The third-order valence-corrected chi connectivity index (χ3v) is 3.70. The maximum absolute atomic E-state index is 12.3. The van der Waals surface area contributed by atoms with Crippen LogP contribution in [0.15, 0.2) is 0 Å². The van der Waals surface area contributed by atoms with Crippen LogP contribution in [0.1, 0.15) is 27.2 Å². The summed E-state index contributed by atoms with van der Waals surface area (Å²) in [7, 11) is 3.98. The van der Waals surface area contributed by atoms with Crippen molar-refractivity contribution in [3.8, 4) is 0 Å². The summed E-state index contributed by atoms with van der Waals surface area (Å²) in [6.07, 6.45) is 1.10. The lowest BCUT2D eigenvalue weighted by Crippen LogP contribution is -2.59. The van der Waals surface area contributed by atoms with Crippen molar-refractivity contribution < 1.29 is 4.79 Å². The normalized spacial score (nSPS) is 23.6. The summed E-state index contributed by atoms with van der Waals surface area (Å²) < 4.78 is 0. The van der Waals surface area contributed by atoms with Gasteiger partial charge in [0.05, 0.1) is 5.54 Å². The van der Waals surface area contributed by atoms with Crippen molar-refractivity contribution in [2.45, 2.75) is 38.8 Å². The van der Waals surface area contributed by atoms with E-state index in [4.69, 9.17) is 0 Å². The molecule has 1 fully saturated rings. The smallest absolute Gasteiger partial charge is 0.242 e. The first kappa shape index (κ1) is 13.5. The monoisotopic (exact) mass is 227 g/mol. The number of carbonyl (C=O) groups excluding carboxylic acids is 1. The van der Waals surface area contributed by atoms with E-state index in [1.54, 1.807) is 0 Å². The van der Waals surface area contributed by atoms with Gasteiger partial charge in [-0.2, -0.15) is 0 Å². The molecule has 94 valence electrons. The molecule has 0 aliphatic carbocycles. The molecule has 1 atom stereocenters. The van der Waals surface area contributed by atoms with Crippen LogP contribution in [-0.4, -0.2) is 61.0 Å². The van der Waals surface area contributed by atoms with Gasteiger partial charge in [0.2, 0.25) is 5.91 Å². The van der Waals surface area contributed by atoms with Crippen LogP contribution in [0.25, 0.3) is 0 Å². The molecule has 1 heterocycles. The fraction of sp³-hybridized carbons (Fsp3) is 0.917. The first-order chi connectivity index (χ1) is 7.42. The Bertz CT molecular complexity index is 253. The van der Waals surface area contributed by atoms with E-state index in [-0.39, 0.29) is 5.91 Å². The molecule has 16 heavy (non-hydrogen) atoms. The number of rotatable bonds is 3. The van der Waals surface area contributed by atoms with Crippen LogP contribution in [0.2, 0.25) is 0 Å². The highest BCUT2D eigenvalue weighted by atomic mass is 16.2. The number of hydrogen-bond acceptors (Lipinski definition) is 3. The van der Waals surface area contributed by atoms with Gasteiger partial charge in [0.1, 0.15) is 0 Å². The Hall–Kier alpha value is -0.610. The van der Waals surface area contributed by atoms with Crippen molar-refractivity contribution in [1.82, 2.24) is 15.1 Å². The zero-order valence-corrected chi connectivity index (χ0v) is 11.2. The Morgan fingerprint density at radius 1 is 1.44 bits per heavy atom. The quantitative estimate of drug-likeness (QED) is 0.764. The van der Waals surface area contributed by atoms with Gasteiger partial charge in [-0.25, -0.2) is 0 Å². The molecule has 0 spiro atoms. The van der Waals surface area contributed by atoms with E-state index in [1.807, 2.05) is 25.8 Å². The van der Waals surface area contributed by atoms with Gasteiger partial charge >= 0.3 is 0 Å². The topological polar surface area (TPSA) is 35.6 Å². The largest absolute Gasteiger partial charge is 0.338 e. The van der Waals surface area contributed by atoms with Crippen LogP contribution in [0, 0.1) is 0 Å². The molecule has 0 aromatic rings. The number of amides is 1. The van der Waals surface area contributed by atoms with E-state index in [0.717, 1.165) is 26.1 Å². The molecule has 0 bridgehead atoms. The maximum Gasteiger partial charge on any atom is 0.242 e. The van der Waals surface area contributed by atoms with E-state index < -0.39 is 5.54 Å². The molecule has 4 heteroatoms. The average Bonchev–Trinajstić information content (AvgIpc) is 2.28. The zero-order valence-electron chi connectivity index (χ0n) is 11.2. The van der Waals surface area contributed by atoms with Crippen molar-refractivity contribution in [3.05, 3.63) is 0 Å². The highest BCUT2D eigenvalue weighted by molar-refractivity contribution is 5.85. The second-order valence-corrected chi connectivity index (χ2v) is 5.17. The van der Waals surface area contributed by atoms with Crippen LogP contribution in [0.4, 0.5) is 0 Å². The molecule has 1 unspecified atom stereocenters. The summed E-state index contributed by atoms with van der Waals surface area (Å²) in [4.78, 5) is 16.6. The predicted octanol–water partition coefficient (Wildman–Crippen LogP) is 0.537. The van der Waals surface area contributed by atoms with E-state index in [0.29, 0.717) is 6.04 Å². The SMILES string of the molecule is CCC1CN(C(=O)C(C)(C)NC)CCN1C. The third-order valence-electron chi connectivity index (χ3n) is 3.70. The number of piperazine rings is 1. The standard InChI is InChI=1S/C12H25N3O/c1-6-10-9-15(8-7-14(10)5)11(16)12(2,3)13-4/h10,13H,6-9H2,1-5H3. The zero-order chi connectivity index (χ0) is 12.3. The van der Waals surface area contributed by atoms with Crippen molar-refractivity contribution in [2.24, 2.45) is 0 Å². The van der Waals surface area contributed by atoms with Crippen molar-refractivity contribution in [2.75, 3.05) is 33.7 Å². The minimum Gasteiger partial charge on any atom is -0.338 e. The van der Waals surface area contributed by atoms with E-state index in [2.05, 4.69) is 24.2 Å². The lowest BCUT2D eigenvalue weighted by molar-refractivity contribution is -0.139. The summed E-state index contributed by atoms with van der Waals surface area (Å²) in [5.41, 5.74) is -0.450. The van der Waals surface area contributed by atoms with Gasteiger partial charge in [-0.1, -0.05) is 6.92 Å². The molecular formula is C12H25N3O. The summed E-state index contributed by atoms with van der Waals surface area (Å²) >= 11 is 0. The number of carbonyl (C=O) groups is 1. The average molecular weight is 227 g/mol. The molecule has 4 nitrogen and oxygen atoms in total. The van der Waals surface area contributed by atoms with Gasteiger partial charge < -0.3 is 10.2 Å². The van der Waals surface area contributed by atoms with Crippen LogP contribution < -0.4 is 5.32 Å². The van der Waals surface area contributed by atoms with E-state index in [9.17, 15) is 4.79 Å². The van der Waals surface area contributed by atoms with Gasteiger partial charge in [-0.15, -0.1) is 0 Å². The summed E-state index contributed by atoms with van der Waals surface area (Å²) in [6.45, 7) is 8.74. The molecule has 0 saturated carbocycles. The molecule has 0 radical (unpaired) electrons. The number of nitrogens with zero attached hydrogens (tertiary/aromatic N) is 2. The Labute approximate surface area is 99.0 Å². The van der Waals surface area contributed by atoms with Gasteiger partial charge in [0.25, 0.3) is 0 Å². The molecule has 1 amide bonds. The number of hydrogen-bond donors (Lipinski definition) is 1. The van der Waals surface area contributed by atoms with Gasteiger partial charge in [0.15, 0.2) is 0 Å². The Morgan fingerprint density at radius 2 is 2.06 bits per heavy atom. The number of nitrogens with one attached hydrogen (secondary N) is 1. The molecule has 0 aromatic carbocycles. The summed E-state index contributed by atoms with van der Waals surface area (Å²) in [5.74, 6) is 0.210. The highest BCUT2D eigenvalue weighted by Crippen LogP contribution is 2.15. The predicted molar refractivity (Wildman–Crippen MR) is 66.4 cm³/mol. The van der Waals surface area contributed by atoms with Gasteiger partial charge in [-0.3, -0.25) is 9.69 Å². The second-order valence-electron chi connectivity index (χ2n) is 5.17. The summed E-state index contributed by atoms with van der Waals surface area (Å²) in [6, 6.07) is 0.505. The number of likely N-dealkylation sites (N-methyl/N-ethyl adjacent to an activating group) is 2. The fourth-order valence-corrected chi connectivity index (χ4v) is 2.07. The minimum atomic E-state index is -0.450. The van der Waals surface area contributed by atoms with Crippen molar-refractivity contribution in [1.29, 1.82) is 0 Å². The second kappa shape index (κ2) is 5.15. The molecule has 0 aromatic heterocycles. The summed E-state index contributed by atoms with van der Waals surface area (Å²) in [5, 5.41) is 3.08. The fourth-order valence-electron chi connectivity index (χ4n) is 2.07. The van der Waals surface area contributed by atoms with Crippen LogP contribution in [0.5, 0.6) is 0 Å². The van der Waals surface area contributed by atoms with Crippen molar-refractivity contribution in [3.63, 3.8) is 0 Å². The minimum absolute atomic E-state index is 0.210. The van der Waals surface area contributed by atoms with Crippen LogP contribution in [-0.2, 0) is 4.79 Å². The lowest BCUT2D eigenvalue weighted by Gasteiger charge is -2.41. The van der Waals surface area contributed by atoms with E-state index in [1.165, 1.54) is 0 Å². The van der Waals surface area contributed by atoms with E-state index >= 15 is 0 Å². The lowest BCUT2D eigenvalue weighted by atomic mass is 10.0. The Balaban J connectivity index is 2.65. The molecule has 1 saturated heterocycles. The van der Waals surface area contributed by atoms with Crippen LogP contribution in [0.3, 0.4) is 0 Å². The molecule has 1 N–H and O–H groups in total. The van der Waals surface area contributed by atoms with Crippen molar-refractivity contribution >= 4 is 5.91 Å². The van der Waals surface area contributed by atoms with Gasteiger partial charge in [-0.05, 0) is 34.4 Å². The maximum atomic E-state index is 12.3. The first-order valence-corrected chi connectivity index (χ1v) is 6.11. The molecule has 1 rings (SSSR count). The first-order valence-electron chi connectivity index (χ1n) is 6.11. The third kappa shape index (κ3) is 2.74. The Morgan fingerprint density at radius 3 is 2.56 bits per heavy atom. The highest BCUT2D eigenvalue weighted by Gasteiger charge is 2.34. The molecular weight excluding hydrogens is 202 g/mol. The molecule has 1 aliphatic rings. The Kier molecular flexibility index (Phi) is 4.33. The van der Waals surface area contributed by atoms with Crippen LogP contribution >= 0.6 is 0 Å².